The van der Waals surface area contributed by atoms with E-state index >= 15 is 0 Å². The lowest BCUT2D eigenvalue weighted by Gasteiger charge is -2.06. The van der Waals surface area contributed by atoms with Crippen LogP contribution >= 0.6 is 11.6 Å². The number of rotatable bonds is 6. The van der Waals surface area contributed by atoms with E-state index in [4.69, 9.17) is 16.3 Å². The van der Waals surface area contributed by atoms with Crippen LogP contribution in [-0.2, 0) is 6.54 Å². The molecule has 1 N–H and O–H groups in total. The van der Waals surface area contributed by atoms with Crippen LogP contribution in [0.5, 0.6) is 5.75 Å². The van der Waals surface area contributed by atoms with Crippen LogP contribution in [0.15, 0.2) is 35.9 Å². The first kappa shape index (κ1) is 12.1. The zero-order valence-electron chi connectivity index (χ0n) is 8.87. The highest BCUT2D eigenvalue weighted by atomic mass is 35.5. The minimum Gasteiger partial charge on any atom is -0.494 e. The number of ether oxygens (including phenoxy) is 1. The molecular weight excluding hydrogens is 210 g/mol. The van der Waals surface area contributed by atoms with E-state index in [1.165, 1.54) is 11.1 Å². The van der Waals surface area contributed by atoms with Gasteiger partial charge in [-0.15, -0.1) is 0 Å². The Bertz CT molecular complexity index is 312. The van der Waals surface area contributed by atoms with Crippen LogP contribution in [0.2, 0.25) is 0 Å². The van der Waals surface area contributed by atoms with Crippen molar-refractivity contribution in [1.29, 1.82) is 0 Å². The van der Waals surface area contributed by atoms with E-state index in [0.717, 1.165) is 18.8 Å². The van der Waals surface area contributed by atoms with Crippen LogP contribution in [0, 0.1) is 0 Å². The second kappa shape index (κ2) is 7.32. The molecule has 0 saturated carbocycles. The molecule has 0 aromatic heterocycles. The number of hydrogen-bond acceptors (Lipinski definition) is 2. The minimum atomic E-state index is 0.700. The Morgan fingerprint density at radius 3 is 3.07 bits per heavy atom. The molecule has 1 aromatic rings. The Morgan fingerprint density at radius 2 is 2.33 bits per heavy atom. The molecule has 0 bridgehead atoms. The number of nitrogens with one attached hydrogen (secondary N) is 1. The van der Waals surface area contributed by atoms with Gasteiger partial charge in [-0.3, -0.25) is 0 Å². The van der Waals surface area contributed by atoms with Gasteiger partial charge >= 0.3 is 0 Å². The molecule has 0 atom stereocenters. The third kappa shape index (κ3) is 4.86. The van der Waals surface area contributed by atoms with Crippen molar-refractivity contribution < 1.29 is 4.74 Å². The quantitative estimate of drug-likeness (QED) is 0.752. The molecule has 0 spiro atoms. The monoisotopic (exact) mass is 225 g/mol. The van der Waals surface area contributed by atoms with E-state index < -0.39 is 0 Å². The summed E-state index contributed by atoms with van der Waals surface area (Å²) in [7, 11) is 0. The molecule has 0 amide bonds. The van der Waals surface area contributed by atoms with E-state index in [2.05, 4.69) is 11.4 Å². The van der Waals surface area contributed by atoms with E-state index in [-0.39, 0.29) is 0 Å². The predicted octanol–water partition coefficient (Wildman–Crippen LogP) is 2.93. The van der Waals surface area contributed by atoms with Gasteiger partial charge in [0.05, 0.1) is 6.61 Å². The molecule has 0 radical (unpaired) electrons. The largest absolute Gasteiger partial charge is 0.494 e. The van der Waals surface area contributed by atoms with Gasteiger partial charge in [-0.1, -0.05) is 29.8 Å². The predicted molar refractivity (Wildman–Crippen MR) is 64.3 cm³/mol. The van der Waals surface area contributed by atoms with E-state index in [9.17, 15) is 0 Å². The molecule has 15 heavy (non-hydrogen) atoms. The summed E-state index contributed by atoms with van der Waals surface area (Å²) in [5.74, 6) is 0.921. The second-order valence-corrected chi connectivity index (χ2v) is 3.32. The van der Waals surface area contributed by atoms with Crippen molar-refractivity contribution in [2.75, 3.05) is 13.2 Å². The summed E-state index contributed by atoms with van der Waals surface area (Å²) in [5, 5.41) is 3.25. The SMILES string of the molecule is CCOc1cccc(CNC/C=C/Cl)c1. The zero-order chi connectivity index (χ0) is 10.9. The number of benzene rings is 1. The Morgan fingerprint density at radius 1 is 1.47 bits per heavy atom. The summed E-state index contributed by atoms with van der Waals surface area (Å²) < 4.78 is 5.41. The lowest BCUT2D eigenvalue weighted by Crippen LogP contribution is -2.12. The van der Waals surface area contributed by atoms with Crippen molar-refractivity contribution in [3.63, 3.8) is 0 Å². The maximum Gasteiger partial charge on any atom is 0.119 e. The first-order chi connectivity index (χ1) is 7.36. The molecule has 1 aromatic carbocycles. The molecular formula is C12H16ClNO. The highest BCUT2D eigenvalue weighted by Crippen LogP contribution is 2.12. The van der Waals surface area contributed by atoms with Crippen LogP contribution < -0.4 is 10.1 Å². The first-order valence-electron chi connectivity index (χ1n) is 5.04. The summed E-state index contributed by atoms with van der Waals surface area (Å²) in [6.07, 6.45) is 1.87. The fourth-order valence-corrected chi connectivity index (χ4v) is 1.35. The highest BCUT2D eigenvalue weighted by Gasteiger charge is 1.95. The van der Waals surface area contributed by atoms with E-state index in [0.29, 0.717) is 6.61 Å². The van der Waals surface area contributed by atoms with Crippen molar-refractivity contribution in [2.45, 2.75) is 13.5 Å². The molecule has 0 aliphatic rings. The van der Waals surface area contributed by atoms with Gasteiger partial charge < -0.3 is 10.1 Å². The van der Waals surface area contributed by atoms with Gasteiger partial charge in [-0.25, -0.2) is 0 Å². The molecule has 82 valence electrons. The van der Waals surface area contributed by atoms with Crippen LogP contribution in [0.1, 0.15) is 12.5 Å². The van der Waals surface area contributed by atoms with Crippen molar-refractivity contribution in [3.8, 4) is 5.75 Å². The van der Waals surface area contributed by atoms with Crippen LogP contribution in [0.25, 0.3) is 0 Å². The summed E-state index contributed by atoms with van der Waals surface area (Å²) in [6, 6.07) is 8.08. The zero-order valence-corrected chi connectivity index (χ0v) is 9.63. The Labute approximate surface area is 95.9 Å². The smallest absolute Gasteiger partial charge is 0.119 e. The van der Waals surface area contributed by atoms with Gasteiger partial charge in [0.25, 0.3) is 0 Å². The van der Waals surface area contributed by atoms with Crippen molar-refractivity contribution in [2.24, 2.45) is 0 Å². The molecule has 1 rings (SSSR count). The van der Waals surface area contributed by atoms with Crippen LogP contribution in [-0.4, -0.2) is 13.2 Å². The maximum absolute atomic E-state index is 5.41. The molecule has 0 aliphatic heterocycles. The number of halogens is 1. The topological polar surface area (TPSA) is 21.3 Å². The van der Waals surface area contributed by atoms with Gasteiger partial charge in [0.15, 0.2) is 0 Å². The lowest BCUT2D eigenvalue weighted by atomic mass is 10.2. The summed E-state index contributed by atoms with van der Waals surface area (Å²) >= 11 is 5.41. The molecule has 2 nitrogen and oxygen atoms in total. The maximum atomic E-state index is 5.41. The fraction of sp³-hybridized carbons (Fsp3) is 0.333. The second-order valence-electron chi connectivity index (χ2n) is 3.07. The third-order valence-corrected chi connectivity index (χ3v) is 2.07. The summed E-state index contributed by atoms with van der Waals surface area (Å²) in [4.78, 5) is 0. The summed E-state index contributed by atoms with van der Waals surface area (Å²) in [5.41, 5.74) is 2.73. The Kier molecular flexibility index (Phi) is 5.90. The minimum absolute atomic E-state index is 0.700. The molecule has 0 heterocycles. The average Bonchev–Trinajstić information content (AvgIpc) is 2.26. The van der Waals surface area contributed by atoms with Gasteiger partial charge in [-0.05, 0) is 24.6 Å². The standard InChI is InChI=1S/C12H16ClNO/c1-2-15-12-6-3-5-11(9-12)10-14-8-4-7-13/h3-7,9,14H,2,8,10H2,1H3/b7-4+. The fourth-order valence-electron chi connectivity index (χ4n) is 1.26. The lowest BCUT2D eigenvalue weighted by molar-refractivity contribution is 0.340. The molecule has 0 saturated heterocycles. The molecule has 0 unspecified atom stereocenters. The van der Waals surface area contributed by atoms with Crippen molar-refractivity contribution >= 4 is 11.6 Å². The Hall–Kier alpha value is -0.990. The molecule has 3 heteroatoms. The Balaban J connectivity index is 2.42. The first-order valence-corrected chi connectivity index (χ1v) is 5.48. The van der Waals surface area contributed by atoms with E-state index in [1.54, 1.807) is 0 Å². The summed E-state index contributed by atoms with van der Waals surface area (Å²) in [6.45, 7) is 4.28. The van der Waals surface area contributed by atoms with E-state index in [1.807, 2.05) is 31.2 Å². The molecule has 0 fully saturated rings. The normalized spacial score (nSPS) is 10.8. The van der Waals surface area contributed by atoms with Crippen molar-refractivity contribution in [1.82, 2.24) is 5.32 Å². The molecule has 0 aliphatic carbocycles. The number of hydrogen-bond donors (Lipinski definition) is 1. The van der Waals surface area contributed by atoms with Gasteiger partial charge in [0.2, 0.25) is 0 Å². The van der Waals surface area contributed by atoms with Gasteiger partial charge in [0, 0.05) is 18.6 Å². The van der Waals surface area contributed by atoms with Crippen molar-refractivity contribution in [3.05, 3.63) is 41.4 Å². The third-order valence-electron chi connectivity index (χ3n) is 1.89. The van der Waals surface area contributed by atoms with Crippen LogP contribution in [0.3, 0.4) is 0 Å². The van der Waals surface area contributed by atoms with Gasteiger partial charge in [0.1, 0.15) is 5.75 Å². The average molecular weight is 226 g/mol. The van der Waals surface area contributed by atoms with Gasteiger partial charge in [-0.2, -0.15) is 0 Å². The van der Waals surface area contributed by atoms with Crippen LogP contribution in [0.4, 0.5) is 0 Å². The highest BCUT2D eigenvalue weighted by molar-refractivity contribution is 6.25.